The summed E-state index contributed by atoms with van der Waals surface area (Å²) in [5.41, 5.74) is 3.48. The molecule has 0 unspecified atom stereocenters. The maximum Gasteiger partial charge on any atom is 0.306 e. The second kappa shape index (κ2) is 7.16. The molecule has 0 aliphatic rings. The van der Waals surface area contributed by atoms with E-state index in [1.165, 1.54) is 11.4 Å². The molecule has 4 nitrogen and oxygen atoms in total. The van der Waals surface area contributed by atoms with Gasteiger partial charge in [0.05, 0.1) is 12.5 Å². The van der Waals surface area contributed by atoms with Crippen molar-refractivity contribution in [2.24, 2.45) is 5.92 Å². The highest BCUT2D eigenvalue weighted by Crippen LogP contribution is 2.16. The van der Waals surface area contributed by atoms with Gasteiger partial charge in [-0.05, 0) is 50.1 Å². The number of carbonyl (C=O) groups is 1. The highest BCUT2D eigenvalue weighted by Gasteiger charge is 2.11. The van der Waals surface area contributed by atoms with Gasteiger partial charge in [0.1, 0.15) is 12.4 Å². The summed E-state index contributed by atoms with van der Waals surface area (Å²) in [6.45, 7) is 7.33. The Hall–Kier alpha value is -2.23. The van der Waals surface area contributed by atoms with Gasteiger partial charge >= 0.3 is 5.97 Å². The van der Waals surface area contributed by atoms with E-state index in [2.05, 4.69) is 30.5 Å². The van der Waals surface area contributed by atoms with Crippen LogP contribution >= 0.6 is 0 Å². The summed E-state index contributed by atoms with van der Waals surface area (Å²) in [6, 6.07) is 11.9. The summed E-state index contributed by atoms with van der Waals surface area (Å²) >= 11 is 0. The molecule has 0 aliphatic carbocycles. The number of ether oxygens (including phenoxy) is 1. The summed E-state index contributed by atoms with van der Waals surface area (Å²) < 4.78 is 7.98. The molecule has 0 bridgehead atoms. The van der Waals surface area contributed by atoms with Gasteiger partial charge in [-0.15, -0.1) is 0 Å². The van der Waals surface area contributed by atoms with Crippen molar-refractivity contribution in [3.8, 4) is 5.75 Å². The van der Waals surface area contributed by atoms with Crippen LogP contribution in [0.3, 0.4) is 0 Å². The van der Waals surface area contributed by atoms with E-state index in [0.29, 0.717) is 13.0 Å². The molecule has 1 heterocycles. The monoisotopic (exact) mass is 301 g/mol. The first-order chi connectivity index (χ1) is 10.5. The van der Waals surface area contributed by atoms with Gasteiger partial charge in [-0.1, -0.05) is 19.1 Å². The molecule has 2 rings (SSSR count). The lowest BCUT2D eigenvalue weighted by Crippen LogP contribution is -2.12. The fraction of sp³-hybridized carbons (Fsp3) is 0.389. The van der Waals surface area contributed by atoms with Crippen molar-refractivity contribution in [2.75, 3.05) is 6.61 Å². The molecule has 1 N–H and O–H groups in total. The van der Waals surface area contributed by atoms with Crippen LogP contribution < -0.4 is 4.74 Å². The van der Waals surface area contributed by atoms with E-state index in [0.717, 1.165) is 17.9 Å². The molecular formula is C18H23NO3. The van der Waals surface area contributed by atoms with Crippen molar-refractivity contribution in [1.82, 2.24) is 4.57 Å². The first-order valence-corrected chi connectivity index (χ1v) is 7.54. The lowest BCUT2D eigenvalue weighted by molar-refractivity contribution is -0.141. The molecule has 118 valence electrons. The smallest absolute Gasteiger partial charge is 0.306 e. The summed E-state index contributed by atoms with van der Waals surface area (Å²) in [7, 11) is 0. The lowest BCUT2D eigenvalue weighted by atomic mass is 10.0. The molecule has 0 saturated heterocycles. The number of hydrogen-bond acceptors (Lipinski definition) is 2. The molecule has 0 saturated carbocycles. The number of hydrogen-bond donors (Lipinski definition) is 1. The Morgan fingerprint density at radius 3 is 2.27 bits per heavy atom. The maximum absolute atomic E-state index is 10.9. The number of aryl methyl sites for hydroxylation is 2. The fourth-order valence-corrected chi connectivity index (χ4v) is 2.47. The van der Waals surface area contributed by atoms with Crippen LogP contribution in [0.25, 0.3) is 0 Å². The molecular weight excluding hydrogens is 278 g/mol. The largest absolute Gasteiger partial charge is 0.492 e. The third kappa shape index (κ3) is 4.13. The van der Waals surface area contributed by atoms with Crippen molar-refractivity contribution >= 4 is 5.97 Å². The Kier molecular flexibility index (Phi) is 5.26. The van der Waals surface area contributed by atoms with E-state index < -0.39 is 5.97 Å². The van der Waals surface area contributed by atoms with E-state index in [1.807, 2.05) is 24.3 Å². The van der Waals surface area contributed by atoms with Gasteiger partial charge in [-0.25, -0.2) is 0 Å². The highest BCUT2D eigenvalue weighted by molar-refractivity contribution is 5.69. The molecule has 1 aromatic heterocycles. The maximum atomic E-state index is 10.9. The van der Waals surface area contributed by atoms with Crippen LogP contribution in [-0.4, -0.2) is 22.2 Å². The third-order valence-electron chi connectivity index (χ3n) is 3.89. The number of aliphatic carboxylic acids is 1. The van der Waals surface area contributed by atoms with Gasteiger partial charge in [-0.2, -0.15) is 0 Å². The Bertz CT molecular complexity index is 609. The van der Waals surface area contributed by atoms with Crippen LogP contribution in [-0.2, 0) is 17.8 Å². The van der Waals surface area contributed by atoms with Crippen LogP contribution in [0.5, 0.6) is 5.75 Å². The van der Waals surface area contributed by atoms with Crippen molar-refractivity contribution < 1.29 is 14.6 Å². The summed E-state index contributed by atoms with van der Waals surface area (Å²) in [6.07, 6.45) is 0.539. The molecule has 1 aromatic carbocycles. The Balaban J connectivity index is 1.85. The van der Waals surface area contributed by atoms with Gasteiger partial charge in [0.25, 0.3) is 0 Å². The van der Waals surface area contributed by atoms with Gasteiger partial charge in [0.15, 0.2) is 0 Å². The zero-order valence-corrected chi connectivity index (χ0v) is 13.4. The molecule has 2 aromatic rings. The Morgan fingerprint density at radius 1 is 1.14 bits per heavy atom. The van der Waals surface area contributed by atoms with Gasteiger partial charge in [0, 0.05) is 11.4 Å². The Morgan fingerprint density at radius 2 is 1.73 bits per heavy atom. The van der Waals surface area contributed by atoms with E-state index in [9.17, 15) is 4.79 Å². The second-order valence-electron chi connectivity index (χ2n) is 5.70. The van der Waals surface area contributed by atoms with Crippen LogP contribution in [0.4, 0.5) is 0 Å². The van der Waals surface area contributed by atoms with Gasteiger partial charge in [-0.3, -0.25) is 4.79 Å². The predicted molar refractivity (Wildman–Crippen MR) is 86.3 cm³/mol. The standard InChI is InChI=1S/C18H23NO3/c1-13(18(20)21)12-16-6-8-17(9-7-16)22-11-10-19-14(2)4-5-15(19)3/h4-9,13H,10-12H2,1-3H3,(H,20,21)/t13-/m0/s1. The minimum absolute atomic E-state index is 0.369. The summed E-state index contributed by atoms with van der Waals surface area (Å²) in [4.78, 5) is 10.9. The summed E-state index contributed by atoms with van der Waals surface area (Å²) in [5, 5.41) is 8.92. The molecule has 0 radical (unpaired) electrons. The number of benzene rings is 1. The van der Waals surface area contributed by atoms with Crippen LogP contribution in [0.15, 0.2) is 36.4 Å². The Labute approximate surface area is 131 Å². The van der Waals surface area contributed by atoms with Crippen molar-refractivity contribution in [2.45, 2.75) is 33.7 Å². The minimum Gasteiger partial charge on any atom is -0.492 e. The number of aromatic nitrogens is 1. The molecule has 0 amide bonds. The second-order valence-corrected chi connectivity index (χ2v) is 5.70. The molecule has 0 fully saturated rings. The van der Waals surface area contributed by atoms with Crippen molar-refractivity contribution in [1.29, 1.82) is 0 Å². The van der Waals surface area contributed by atoms with Crippen LogP contribution in [0.1, 0.15) is 23.9 Å². The number of nitrogens with zero attached hydrogens (tertiary/aromatic N) is 1. The number of carboxylic acids is 1. The average molecular weight is 301 g/mol. The third-order valence-corrected chi connectivity index (χ3v) is 3.89. The molecule has 4 heteroatoms. The first-order valence-electron chi connectivity index (χ1n) is 7.54. The lowest BCUT2D eigenvalue weighted by Gasteiger charge is -2.11. The van der Waals surface area contributed by atoms with Crippen molar-refractivity contribution in [3.63, 3.8) is 0 Å². The topological polar surface area (TPSA) is 51.5 Å². The summed E-state index contributed by atoms with van der Waals surface area (Å²) in [5.74, 6) is -0.321. The first kappa shape index (κ1) is 16.1. The van der Waals surface area contributed by atoms with Crippen LogP contribution in [0, 0.1) is 19.8 Å². The fourth-order valence-electron chi connectivity index (χ4n) is 2.47. The molecule has 0 aliphatic heterocycles. The zero-order chi connectivity index (χ0) is 16.1. The van der Waals surface area contributed by atoms with Gasteiger partial charge in [0.2, 0.25) is 0 Å². The molecule has 1 atom stereocenters. The zero-order valence-electron chi connectivity index (χ0n) is 13.4. The van der Waals surface area contributed by atoms with E-state index in [-0.39, 0.29) is 5.92 Å². The van der Waals surface area contributed by atoms with E-state index in [4.69, 9.17) is 9.84 Å². The van der Waals surface area contributed by atoms with E-state index in [1.54, 1.807) is 6.92 Å². The van der Waals surface area contributed by atoms with Crippen LogP contribution in [0.2, 0.25) is 0 Å². The minimum atomic E-state index is -0.766. The molecule has 22 heavy (non-hydrogen) atoms. The molecule has 0 spiro atoms. The van der Waals surface area contributed by atoms with Gasteiger partial charge < -0.3 is 14.4 Å². The number of rotatable bonds is 7. The SMILES string of the molecule is Cc1ccc(C)n1CCOc1ccc(C[C@H](C)C(=O)O)cc1. The van der Waals surface area contributed by atoms with Crippen molar-refractivity contribution in [3.05, 3.63) is 53.3 Å². The average Bonchev–Trinajstić information content (AvgIpc) is 2.80. The predicted octanol–water partition coefficient (Wildman–Crippen LogP) is 3.45. The quantitative estimate of drug-likeness (QED) is 0.852. The normalized spacial score (nSPS) is 12.1. The van der Waals surface area contributed by atoms with E-state index >= 15 is 0 Å². The number of carboxylic acid groups (broad SMARTS) is 1. The highest BCUT2D eigenvalue weighted by atomic mass is 16.5.